The lowest BCUT2D eigenvalue weighted by Crippen LogP contribution is -2.19. The number of carbonyl (C=O) groups is 2. The summed E-state index contributed by atoms with van der Waals surface area (Å²) in [6.07, 6.45) is 4.65. The summed E-state index contributed by atoms with van der Waals surface area (Å²) < 4.78 is 0. The summed E-state index contributed by atoms with van der Waals surface area (Å²) in [6.45, 7) is 1.89. The molecule has 2 amide bonds. The van der Waals surface area contributed by atoms with Gasteiger partial charge in [0.2, 0.25) is 5.91 Å². The van der Waals surface area contributed by atoms with Gasteiger partial charge < -0.3 is 15.6 Å². The molecule has 32 heavy (non-hydrogen) atoms. The summed E-state index contributed by atoms with van der Waals surface area (Å²) in [5.41, 5.74) is 3.18. The maximum atomic E-state index is 12.6. The van der Waals surface area contributed by atoms with Crippen LogP contribution in [-0.4, -0.2) is 34.6 Å². The number of nitrogens with one attached hydrogen (secondary N) is 3. The molecule has 1 aromatic carbocycles. The molecular weight excluding hydrogens is 444 g/mol. The molecular formula is C23H26N4O3S2. The Labute approximate surface area is 194 Å². The second-order valence-electron chi connectivity index (χ2n) is 7.86. The van der Waals surface area contributed by atoms with E-state index in [9.17, 15) is 14.4 Å². The van der Waals surface area contributed by atoms with Gasteiger partial charge in [0.1, 0.15) is 10.7 Å². The number of aryl methyl sites for hydroxylation is 3. The Morgan fingerprint density at radius 2 is 2.06 bits per heavy atom. The quantitative estimate of drug-likeness (QED) is 0.456. The van der Waals surface area contributed by atoms with Crippen molar-refractivity contribution in [3.63, 3.8) is 0 Å². The lowest BCUT2D eigenvalue weighted by Gasteiger charge is -2.10. The number of aromatic nitrogens is 2. The molecule has 2 heterocycles. The van der Waals surface area contributed by atoms with E-state index in [0.29, 0.717) is 35.0 Å². The van der Waals surface area contributed by atoms with Gasteiger partial charge in [-0.25, -0.2) is 4.98 Å². The number of hydrogen-bond acceptors (Lipinski definition) is 6. The van der Waals surface area contributed by atoms with Crippen molar-refractivity contribution >= 4 is 50.8 Å². The first kappa shape index (κ1) is 22.5. The monoisotopic (exact) mass is 470 g/mol. The predicted molar refractivity (Wildman–Crippen MR) is 131 cm³/mol. The fraction of sp³-hybridized carbons (Fsp3) is 0.391. The molecule has 0 saturated carbocycles. The third kappa shape index (κ3) is 4.88. The van der Waals surface area contributed by atoms with Crippen LogP contribution in [0.15, 0.2) is 23.0 Å². The number of rotatable bonds is 7. The van der Waals surface area contributed by atoms with Crippen LogP contribution < -0.4 is 16.2 Å². The zero-order valence-corrected chi connectivity index (χ0v) is 19.8. The molecule has 0 radical (unpaired) electrons. The number of anilines is 1. The van der Waals surface area contributed by atoms with Crippen LogP contribution in [0.25, 0.3) is 10.2 Å². The fourth-order valence-electron chi connectivity index (χ4n) is 3.87. The largest absolute Gasteiger partial charge is 0.355 e. The van der Waals surface area contributed by atoms with Gasteiger partial charge in [0, 0.05) is 35.3 Å². The summed E-state index contributed by atoms with van der Waals surface area (Å²) in [5, 5.41) is 6.24. The van der Waals surface area contributed by atoms with E-state index in [0.717, 1.165) is 35.0 Å². The number of amides is 2. The molecule has 3 aromatic rings. The molecule has 0 fully saturated rings. The number of thiophene rings is 1. The smallest absolute Gasteiger partial charge is 0.259 e. The summed E-state index contributed by atoms with van der Waals surface area (Å²) in [5.74, 6) is 1.49. The van der Waals surface area contributed by atoms with Gasteiger partial charge in [-0.05, 0) is 55.9 Å². The van der Waals surface area contributed by atoms with E-state index in [4.69, 9.17) is 0 Å². The molecule has 0 spiro atoms. The molecule has 0 bridgehead atoms. The Kier molecular flexibility index (Phi) is 6.95. The zero-order valence-electron chi connectivity index (χ0n) is 18.2. The summed E-state index contributed by atoms with van der Waals surface area (Å²) in [7, 11) is 1.57. The van der Waals surface area contributed by atoms with Crippen molar-refractivity contribution in [2.24, 2.45) is 0 Å². The molecule has 1 aliphatic carbocycles. The van der Waals surface area contributed by atoms with E-state index < -0.39 is 0 Å². The van der Waals surface area contributed by atoms with Crippen LogP contribution in [-0.2, 0) is 23.4 Å². The topological polar surface area (TPSA) is 104 Å². The third-order valence-electron chi connectivity index (χ3n) is 5.59. The van der Waals surface area contributed by atoms with E-state index in [1.54, 1.807) is 42.3 Å². The van der Waals surface area contributed by atoms with Gasteiger partial charge in [-0.3, -0.25) is 14.4 Å². The Hall–Kier alpha value is -2.65. The van der Waals surface area contributed by atoms with Crippen molar-refractivity contribution in [3.05, 3.63) is 55.9 Å². The highest BCUT2D eigenvalue weighted by Gasteiger charge is 2.19. The summed E-state index contributed by atoms with van der Waals surface area (Å²) in [4.78, 5) is 46.5. The predicted octanol–water partition coefficient (Wildman–Crippen LogP) is 3.79. The highest BCUT2D eigenvalue weighted by atomic mass is 32.2. The SMILES string of the molecule is CNC(=O)c1ccc(C)c(NC(=O)CCSCc2nc3sc4c(c3c(=O)[nH]2)CCCC4)c1. The van der Waals surface area contributed by atoms with Crippen LogP contribution >= 0.6 is 23.1 Å². The molecule has 168 valence electrons. The standard InChI is InChI=1S/C23H26N4O3S2/c1-13-7-8-14(21(29)24-2)11-16(13)25-19(28)9-10-31-12-18-26-22(30)20-15-5-3-4-6-17(15)32-23(20)27-18/h7-8,11H,3-6,9-10,12H2,1-2H3,(H,24,29)(H,25,28)(H,26,27,30). The highest BCUT2D eigenvalue weighted by molar-refractivity contribution is 7.98. The van der Waals surface area contributed by atoms with Gasteiger partial charge in [0.05, 0.1) is 11.1 Å². The summed E-state index contributed by atoms with van der Waals surface area (Å²) >= 11 is 3.21. The number of hydrogen-bond donors (Lipinski definition) is 3. The van der Waals surface area contributed by atoms with E-state index >= 15 is 0 Å². The first-order chi connectivity index (χ1) is 15.5. The normalized spacial score (nSPS) is 13.1. The van der Waals surface area contributed by atoms with Crippen LogP contribution in [0.4, 0.5) is 5.69 Å². The van der Waals surface area contributed by atoms with Crippen molar-refractivity contribution in [2.75, 3.05) is 18.1 Å². The minimum absolute atomic E-state index is 0.0470. The number of fused-ring (bicyclic) bond motifs is 3. The van der Waals surface area contributed by atoms with Gasteiger partial charge in [-0.2, -0.15) is 11.8 Å². The van der Waals surface area contributed by atoms with Crippen LogP contribution in [0.3, 0.4) is 0 Å². The highest BCUT2D eigenvalue weighted by Crippen LogP contribution is 2.33. The molecule has 2 aromatic heterocycles. The van der Waals surface area contributed by atoms with Crippen molar-refractivity contribution in [1.82, 2.24) is 15.3 Å². The Balaban J connectivity index is 1.33. The molecule has 4 rings (SSSR count). The number of benzene rings is 1. The Morgan fingerprint density at radius 3 is 2.88 bits per heavy atom. The third-order valence-corrected chi connectivity index (χ3v) is 7.74. The van der Waals surface area contributed by atoms with Gasteiger partial charge in [-0.15, -0.1) is 11.3 Å². The molecule has 9 heteroatoms. The van der Waals surface area contributed by atoms with Crippen molar-refractivity contribution in [1.29, 1.82) is 0 Å². The molecule has 1 aliphatic rings. The lowest BCUT2D eigenvalue weighted by molar-refractivity contribution is -0.115. The van der Waals surface area contributed by atoms with Crippen LogP contribution in [0.1, 0.15) is 51.4 Å². The van der Waals surface area contributed by atoms with E-state index in [1.807, 2.05) is 13.0 Å². The fourth-order valence-corrected chi connectivity index (χ4v) is 5.95. The average Bonchev–Trinajstić information content (AvgIpc) is 3.16. The minimum atomic E-state index is -0.193. The second-order valence-corrected chi connectivity index (χ2v) is 10.1. The first-order valence-electron chi connectivity index (χ1n) is 10.7. The molecule has 0 atom stereocenters. The molecule has 7 nitrogen and oxygen atoms in total. The van der Waals surface area contributed by atoms with Crippen molar-refractivity contribution < 1.29 is 9.59 Å². The van der Waals surface area contributed by atoms with Gasteiger partial charge >= 0.3 is 0 Å². The van der Waals surface area contributed by atoms with Crippen LogP contribution in [0.5, 0.6) is 0 Å². The van der Waals surface area contributed by atoms with E-state index in [1.165, 1.54) is 16.9 Å². The average molecular weight is 471 g/mol. The maximum absolute atomic E-state index is 12.6. The first-order valence-corrected chi connectivity index (χ1v) is 12.7. The van der Waals surface area contributed by atoms with Crippen LogP contribution in [0.2, 0.25) is 0 Å². The minimum Gasteiger partial charge on any atom is -0.355 e. The Bertz CT molecular complexity index is 1230. The van der Waals surface area contributed by atoms with Crippen molar-refractivity contribution in [2.45, 2.75) is 44.8 Å². The number of carbonyl (C=O) groups excluding carboxylic acids is 2. The number of aromatic amines is 1. The van der Waals surface area contributed by atoms with Crippen LogP contribution in [0, 0.1) is 6.92 Å². The Morgan fingerprint density at radius 1 is 1.25 bits per heavy atom. The van der Waals surface area contributed by atoms with Gasteiger partial charge in [-0.1, -0.05) is 6.07 Å². The number of nitrogens with zero attached hydrogens (tertiary/aromatic N) is 1. The van der Waals surface area contributed by atoms with Gasteiger partial charge in [0.25, 0.3) is 11.5 Å². The van der Waals surface area contributed by atoms with E-state index in [2.05, 4.69) is 20.6 Å². The molecule has 3 N–H and O–H groups in total. The summed E-state index contributed by atoms with van der Waals surface area (Å²) in [6, 6.07) is 5.23. The zero-order chi connectivity index (χ0) is 22.7. The molecule has 0 saturated heterocycles. The maximum Gasteiger partial charge on any atom is 0.259 e. The van der Waals surface area contributed by atoms with Crippen molar-refractivity contribution in [3.8, 4) is 0 Å². The molecule has 0 unspecified atom stereocenters. The molecule has 0 aliphatic heterocycles. The van der Waals surface area contributed by atoms with Gasteiger partial charge in [0.15, 0.2) is 0 Å². The number of H-pyrrole nitrogens is 1. The van der Waals surface area contributed by atoms with E-state index in [-0.39, 0.29) is 17.4 Å². The number of thioether (sulfide) groups is 1. The second kappa shape index (κ2) is 9.87. The lowest BCUT2D eigenvalue weighted by atomic mass is 9.97.